The molecular weight excluding hydrogens is 194 g/mol. The molecular formula is C12H24ClN. The minimum atomic E-state index is 0.414. The van der Waals surface area contributed by atoms with E-state index in [1.807, 2.05) is 0 Å². The summed E-state index contributed by atoms with van der Waals surface area (Å²) in [7, 11) is 0. The van der Waals surface area contributed by atoms with Gasteiger partial charge in [0.1, 0.15) is 0 Å². The molecule has 0 aromatic carbocycles. The molecule has 1 aliphatic carbocycles. The average Bonchev–Trinajstić information content (AvgIpc) is 2.64. The molecule has 1 nitrogen and oxygen atoms in total. The highest BCUT2D eigenvalue weighted by Gasteiger charge is 2.20. The fourth-order valence-electron chi connectivity index (χ4n) is 2.18. The molecule has 1 N–H and O–H groups in total. The zero-order valence-corrected chi connectivity index (χ0v) is 10.4. The molecule has 0 saturated heterocycles. The zero-order chi connectivity index (χ0) is 10.4. The molecule has 84 valence electrons. The predicted octanol–water partition coefficient (Wildman–Crippen LogP) is 3.56. The van der Waals surface area contributed by atoms with Gasteiger partial charge in [0.05, 0.1) is 0 Å². The van der Waals surface area contributed by atoms with E-state index in [1.54, 1.807) is 0 Å². The second-order valence-corrected chi connectivity index (χ2v) is 5.70. The molecule has 0 bridgehead atoms. The van der Waals surface area contributed by atoms with Crippen LogP contribution >= 0.6 is 11.6 Å². The smallest absolute Gasteiger partial charge is 0.0223 e. The molecule has 0 amide bonds. The van der Waals surface area contributed by atoms with Crippen molar-refractivity contribution in [1.82, 2.24) is 5.32 Å². The fraction of sp³-hybridized carbons (Fsp3) is 1.00. The van der Waals surface area contributed by atoms with E-state index in [-0.39, 0.29) is 0 Å². The number of hydrogen-bond donors (Lipinski definition) is 1. The van der Waals surface area contributed by atoms with Crippen LogP contribution in [0, 0.1) is 5.41 Å². The monoisotopic (exact) mass is 217 g/mol. The Labute approximate surface area is 93.6 Å². The summed E-state index contributed by atoms with van der Waals surface area (Å²) >= 11 is 5.71. The standard InChI is InChI=1S/C12H24ClN/c1-12(2,8-5-9-13)10-14-11-6-3-4-7-11/h11,14H,3-10H2,1-2H3. The minimum Gasteiger partial charge on any atom is -0.313 e. The topological polar surface area (TPSA) is 12.0 Å². The number of halogens is 1. The van der Waals surface area contributed by atoms with Crippen LogP contribution in [0.25, 0.3) is 0 Å². The van der Waals surface area contributed by atoms with E-state index in [2.05, 4.69) is 19.2 Å². The first-order valence-corrected chi connectivity index (χ1v) is 6.47. The van der Waals surface area contributed by atoms with Gasteiger partial charge in [-0.25, -0.2) is 0 Å². The number of hydrogen-bond acceptors (Lipinski definition) is 1. The van der Waals surface area contributed by atoms with Gasteiger partial charge >= 0.3 is 0 Å². The van der Waals surface area contributed by atoms with Crippen LogP contribution in [0.3, 0.4) is 0 Å². The largest absolute Gasteiger partial charge is 0.313 e. The van der Waals surface area contributed by atoms with Gasteiger partial charge in [0.25, 0.3) is 0 Å². The second-order valence-electron chi connectivity index (χ2n) is 5.32. The quantitative estimate of drug-likeness (QED) is 0.671. The fourth-order valence-corrected chi connectivity index (χ4v) is 2.32. The van der Waals surface area contributed by atoms with Gasteiger partial charge in [0.2, 0.25) is 0 Å². The molecule has 0 aromatic heterocycles. The van der Waals surface area contributed by atoms with Gasteiger partial charge in [-0.2, -0.15) is 0 Å². The van der Waals surface area contributed by atoms with Crippen molar-refractivity contribution >= 4 is 11.6 Å². The first-order valence-electron chi connectivity index (χ1n) is 5.93. The van der Waals surface area contributed by atoms with Crippen LogP contribution in [0.5, 0.6) is 0 Å². The normalized spacial score (nSPS) is 19.1. The van der Waals surface area contributed by atoms with E-state index in [0.717, 1.165) is 24.9 Å². The van der Waals surface area contributed by atoms with Crippen LogP contribution in [0.1, 0.15) is 52.4 Å². The summed E-state index contributed by atoms with van der Waals surface area (Å²) in [6.45, 7) is 5.82. The summed E-state index contributed by atoms with van der Waals surface area (Å²) in [5.74, 6) is 0.798. The Balaban J connectivity index is 2.14. The molecule has 0 heterocycles. The third-order valence-corrected chi connectivity index (χ3v) is 3.48. The van der Waals surface area contributed by atoms with Gasteiger partial charge in [-0.05, 0) is 31.1 Å². The predicted molar refractivity (Wildman–Crippen MR) is 64.0 cm³/mol. The molecule has 1 fully saturated rings. The van der Waals surface area contributed by atoms with E-state index < -0.39 is 0 Å². The maximum Gasteiger partial charge on any atom is 0.0223 e. The van der Waals surface area contributed by atoms with Crippen LogP contribution in [-0.2, 0) is 0 Å². The zero-order valence-electron chi connectivity index (χ0n) is 9.61. The molecule has 0 spiro atoms. The lowest BCUT2D eigenvalue weighted by molar-refractivity contribution is 0.295. The van der Waals surface area contributed by atoms with Crippen LogP contribution < -0.4 is 5.32 Å². The Morgan fingerprint density at radius 1 is 1.29 bits per heavy atom. The third-order valence-electron chi connectivity index (χ3n) is 3.21. The van der Waals surface area contributed by atoms with Gasteiger partial charge in [-0.1, -0.05) is 26.7 Å². The highest BCUT2D eigenvalue weighted by atomic mass is 35.5. The maximum absolute atomic E-state index is 5.71. The maximum atomic E-state index is 5.71. The van der Waals surface area contributed by atoms with Crippen LogP contribution in [0.4, 0.5) is 0 Å². The van der Waals surface area contributed by atoms with Crippen LogP contribution in [0.2, 0.25) is 0 Å². The average molecular weight is 218 g/mol. The lowest BCUT2D eigenvalue weighted by Gasteiger charge is -2.26. The van der Waals surface area contributed by atoms with Crippen molar-refractivity contribution in [2.75, 3.05) is 12.4 Å². The van der Waals surface area contributed by atoms with Crippen molar-refractivity contribution in [3.63, 3.8) is 0 Å². The third kappa shape index (κ3) is 4.65. The Hall–Kier alpha value is 0.250. The van der Waals surface area contributed by atoms with Gasteiger partial charge < -0.3 is 5.32 Å². The van der Waals surface area contributed by atoms with Crippen molar-refractivity contribution in [2.45, 2.75) is 58.4 Å². The van der Waals surface area contributed by atoms with Crippen LogP contribution in [0.15, 0.2) is 0 Å². The van der Waals surface area contributed by atoms with Gasteiger partial charge in [0.15, 0.2) is 0 Å². The summed E-state index contributed by atoms with van der Waals surface area (Å²) < 4.78 is 0. The van der Waals surface area contributed by atoms with Crippen molar-refractivity contribution in [1.29, 1.82) is 0 Å². The Morgan fingerprint density at radius 2 is 1.93 bits per heavy atom. The molecule has 0 aromatic rings. The Kier molecular flexibility index (Phi) is 5.25. The van der Waals surface area contributed by atoms with Crippen molar-refractivity contribution in [2.24, 2.45) is 5.41 Å². The summed E-state index contributed by atoms with van der Waals surface area (Å²) in [5.41, 5.74) is 0.414. The highest BCUT2D eigenvalue weighted by molar-refractivity contribution is 6.17. The van der Waals surface area contributed by atoms with Gasteiger partial charge in [0, 0.05) is 18.5 Å². The molecule has 1 rings (SSSR count). The minimum absolute atomic E-state index is 0.414. The summed E-state index contributed by atoms with van der Waals surface area (Å²) in [6, 6.07) is 0.797. The number of alkyl halides is 1. The van der Waals surface area contributed by atoms with Crippen molar-refractivity contribution < 1.29 is 0 Å². The van der Waals surface area contributed by atoms with E-state index in [4.69, 9.17) is 11.6 Å². The van der Waals surface area contributed by atoms with Gasteiger partial charge in [-0.15, -0.1) is 11.6 Å². The molecule has 2 heteroatoms. The Bertz CT molecular complexity index is 150. The molecule has 1 aliphatic rings. The van der Waals surface area contributed by atoms with Crippen LogP contribution in [-0.4, -0.2) is 18.5 Å². The number of nitrogens with one attached hydrogen (secondary N) is 1. The SMILES string of the molecule is CC(C)(CCCCl)CNC1CCCC1. The first-order chi connectivity index (χ1) is 6.64. The lowest BCUT2D eigenvalue weighted by atomic mass is 9.88. The van der Waals surface area contributed by atoms with E-state index in [1.165, 1.54) is 32.1 Å². The molecule has 0 unspecified atom stereocenters. The Morgan fingerprint density at radius 3 is 2.50 bits per heavy atom. The van der Waals surface area contributed by atoms with Crippen molar-refractivity contribution in [3.8, 4) is 0 Å². The lowest BCUT2D eigenvalue weighted by Crippen LogP contribution is -2.35. The highest BCUT2D eigenvalue weighted by Crippen LogP contribution is 2.24. The molecule has 0 aliphatic heterocycles. The van der Waals surface area contributed by atoms with E-state index >= 15 is 0 Å². The molecule has 0 radical (unpaired) electrons. The number of rotatable bonds is 6. The van der Waals surface area contributed by atoms with Gasteiger partial charge in [-0.3, -0.25) is 0 Å². The molecule has 0 atom stereocenters. The van der Waals surface area contributed by atoms with E-state index in [9.17, 15) is 0 Å². The summed E-state index contributed by atoms with van der Waals surface area (Å²) in [5, 5.41) is 3.69. The first kappa shape index (κ1) is 12.3. The van der Waals surface area contributed by atoms with Crippen molar-refractivity contribution in [3.05, 3.63) is 0 Å². The summed E-state index contributed by atoms with van der Waals surface area (Å²) in [4.78, 5) is 0. The summed E-state index contributed by atoms with van der Waals surface area (Å²) in [6.07, 6.45) is 7.97. The van der Waals surface area contributed by atoms with E-state index in [0.29, 0.717) is 5.41 Å². The molecule has 14 heavy (non-hydrogen) atoms. The second kappa shape index (κ2) is 5.97. The molecule has 1 saturated carbocycles.